The summed E-state index contributed by atoms with van der Waals surface area (Å²) in [7, 11) is 0. The third-order valence-corrected chi connectivity index (χ3v) is 6.13. The van der Waals surface area contributed by atoms with E-state index in [0.29, 0.717) is 29.4 Å². The Labute approximate surface area is 160 Å². The molecule has 0 saturated carbocycles. The zero-order valence-electron chi connectivity index (χ0n) is 14.1. The summed E-state index contributed by atoms with van der Waals surface area (Å²) in [6.45, 7) is 0.645. The third-order valence-electron chi connectivity index (χ3n) is 4.42. The first-order valence-electron chi connectivity index (χ1n) is 8.80. The summed E-state index contributed by atoms with van der Waals surface area (Å²) in [6, 6.07) is 4.95. The summed E-state index contributed by atoms with van der Waals surface area (Å²) in [4.78, 5) is 18.1. The summed E-state index contributed by atoms with van der Waals surface area (Å²) in [5, 5.41) is 4.11. The second kappa shape index (κ2) is 8.90. The molecule has 0 unspecified atom stereocenters. The number of hydrogen-bond donors (Lipinski definition) is 1. The monoisotopic (exact) mass is 424 g/mol. The Morgan fingerprint density at radius 2 is 2.12 bits per heavy atom. The number of halogens is 2. The summed E-state index contributed by atoms with van der Waals surface area (Å²) in [6.07, 6.45) is 7.37. The smallest absolute Gasteiger partial charge is 0.220 e. The van der Waals surface area contributed by atoms with Gasteiger partial charge in [0.1, 0.15) is 5.82 Å². The van der Waals surface area contributed by atoms with Gasteiger partial charge in [-0.05, 0) is 56.2 Å². The maximum Gasteiger partial charge on any atom is 0.220 e. The fraction of sp³-hybridized carbons (Fsp3) is 0.474. The normalized spacial score (nSPS) is 13.5. The molecule has 0 atom stereocenters. The number of hydrogen-bond acceptors (Lipinski definition) is 3. The number of aromatic nitrogens is 1. The zero-order valence-corrected chi connectivity index (χ0v) is 16.5. The summed E-state index contributed by atoms with van der Waals surface area (Å²) < 4.78 is 14.4. The predicted molar refractivity (Wildman–Crippen MR) is 103 cm³/mol. The Balaban J connectivity index is 1.36. The molecule has 1 aliphatic carbocycles. The van der Waals surface area contributed by atoms with Crippen molar-refractivity contribution in [3.05, 3.63) is 49.6 Å². The standard InChI is InChI=1S/C19H22BrFN2OS/c20-14-9-7-13(15(21)12-14)8-10-18(24)22-11-3-6-19-23-16-4-1-2-5-17(16)25-19/h7,9,12H,1-6,8,10-11H2,(H,22,24). The number of thiazole rings is 1. The van der Waals surface area contributed by atoms with Crippen LogP contribution in [-0.4, -0.2) is 17.4 Å². The van der Waals surface area contributed by atoms with E-state index in [9.17, 15) is 9.18 Å². The van der Waals surface area contributed by atoms with Crippen LogP contribution in [0.3, 0.4) is 0 Å². The van der Waals surface area contributed by atoms with E-state index in [2.05, 4.69) is 21.2 Å². The van der Waals surface area contributed by atoms with E-state index in [0.717, 1.165) is 19.3 Å². The van der Waals surface area contributed by atoms with Crippen LogP contribution in [0.15, 0.2) is 22.7 Å². The molecule has 1 aliphatic rings. The second-order valence-electron chi connectivity index (χ2n) is 6.37. The first kappa shape index (κ1) is 18.5. The van der Waals surface area contributed by atoms with E-state index in [1.54, 1.807) is 12.1 Å². The van der Waals surface area contributed by atoms with Crippen LogP contribution in [0, 0.1) is 5.82 Å². The molecular weight excluding hydrogens is 403 g/mol. The predicted octanol–water partition coefficient (Wildman–Crippen LogP) is 4.61. The molecular formula is C19H22BrFN2OS. The number of amides is 1. The average molecular weight is 425 g/mol. The van der Waals surface area contributed by atoms with Crippen molar-refractivity contribution in [3.8, 4) is 0 Å². The van der Waals surface area contributed by atoms with Crippen LogP contribution in [0.1, 0.15) is 46.8 Å². The van der Waals surface area contributed by atoms with Crippen LogP contribution >= 0.6 is 27.3 Å². The third kappa shape index (κ3) is 5.35. The highest BCUT2D eigenvalue weighted by atomic mass is 79.9. The lowest BCUT2D eigenvalue weighted by Crippen LogP contribution is -2.25. The van der Waals surface area contributed by atoms with Crippen LogP contribution in [0.25, 0.3) is 0 Å². The van der Waals surface area contributed by atoms with Crippen molar-refractivity contribution in [2.24, 2.45) is 0 Å². The topological polar surface area (TPSA) is 42.0 Å². The molecule has 0 fully saturated rings. The molecule has 1 amide bonds. The van der Waals surface area contributed by atoms with Gasteiger partial charge in [0.05, 0.1) is 10.7 Å². The minimum atomic E-state index is -0.269. The molecule has 1 N–H and O–H groups in total. The van der Waals surface area contributed by atoms with Crippen molar-refractivity contribution in [1.82, 2.24) is 10.3 Å². The van der Waals surface area contributed by atoms with Gasteiger partial charge < -0.3 is 5.32 Å². The van der Waals surface area contributed by atoms with Gasteiger partial charge in [0.25, 0.3) is 0 Å². The number of aryl methyl sites for hydroxylation is 4. The second-order valence-corrected chi connectivity index (χ2v) is 8.46. The highest BCUT2D eigenvalue weighted by Gasteiger charge is 2.14. The van der Waals surface area contributed by atoms with Crippen molar-refractivity contribution in [2.45, 2.75) is 51.4 Å². The molecule has 0 saturated heterocycles. The van der Waals surface area contributed by atoms with Gasteiger partial charge in [-0.1, -0.05) is 22.0 Å². The van der Waals surface area contributed by atoms with E-state index < -0.39 is 0 Å². The fourth-order valence-corrected chi connectivity index (χ4v) is 4.57. The Morgan fingerprint density at radius 1 is 1.28 bits per heavy atom. The Kier molecular flexibility index (Phi) is 6.59. The van der Waals surface area contributed by atoms with Gasteiger partial charge in [0, 0.05) is 28.7 Å². The summed E-state index contributed by atoms with van der Waals surface area (Å²) in [5.74, 6) is -0.296. The molecule has 1 aromatic heterocycles. The van der Waals surface area contributed by atoms with Gasteiger partial charge in [-0.2, -0.15) is 0 Å². The molecule has 0 aliphatic heterocycles. The van der Waals surface area contributed by atoms with Crippen LogP contribution in [-0.2, 0) is 30.5 Å². The van der Waals surface area contributed by atoms with E-state index in [1.165, 1.54) is 40.9 Å². The van der Waals surface area contributed by atoms with Crippen LogP contribution in [0.4, 0.5) is 4.39 Å². The molecule has 1 aromatic carbocycles. The summed E-state index contributed by atoms with van der Waals surface area (Å²) >= 11 is 5.07. The van der Waals surface area contributed by atoms with Gasteiger partial charge in [0.2, 0.25) is 5.91 Å². The average Bonchev–Trinajstić information content (AvgIpc) is 3.01. The first-order valence-corrected chi connectivity index (χ1v) is 10.4. The minimum Gasteiger partial charge on any atom is -0.356 e. The van der Waals surface area contributed by atoms with Gasteiger partial charge in [-0.15, -0.1) is 11.3 Å². The van der Waals surface area contributed by atoms with Crippen molar-refractivity contribution in [1.29, 1.82) is 0 Å². The molecule has 25 heavy (non-hydrogen) atoms. The summed E-state index contributed by atoms with van der Waals surface area (Å²) in [5.41, 5.74) is 1.87. The van der Waals surface area contributed by atoms with Crippen LogP contribution in [0.2, 0.25) is 0 Å². The van der Waals surface area contributed by atoms with Crippen molar-refractivity contribution in [2.75, 3.05) is 6.54 Å². The lowest BCUT2D eigenvalue weighted by Gasteiger charge is -2.06. The number of benzene rings is 1. The SMILES string of the molecule is O=C(CCc1ccc(Br)cc1F)NCCCc1nc2c(s1)CCCC2. The Bertz CT molecular complexity index is 724. The largest absolute Gasteiger partial charge is 0.356 e. The van der Waals surface area contributed by atoms with Gasteiger partial charge >= 0.3 is 0 Å². The van der Waals surface area contributed by atoms with Crippen LogP contribution < -0.4 is 5.32 Å². The van der Waals surface area contributed by atoms with Gasteiger partial charge in [-0.3, -0.25) is 4.79 Å². The number of nitrogens with zero attached hydrogens (tertiary/aromatic N) is 1. The molecule has 3 rings (SSSR count). The molecule has 6 heteroatoms. The molecule has 0 bridgehead atoms. The molecule has 3 nitrogen and oxygen atoms in total. The maximum absolute atomic E-state index is 13.7. The number of rotatable bonds is 7. The van der Waals surface area contributed by atoms with E-state index in [-0.39, 0.29) is 11.7 Å². The van der Waals surface area contributed by atoms with E-state index in [1.807, 2.05) is 11.3 Å². The quantitative estimate of drug-likeness (QED) is 0.659. The lowest BCUT2D eigenvalue weighted by atomic mass is 10.0. The zero-order chi connectivity index (χ0) is 17.6. The highest BCUT2D eigenvalue weighted by molar-refractivity contribution is 9.10. The maximum atomic E-state index is 13.7. The first-order chi connectivity index (χ1) is 12.1. The highest BCUT2D eigenvalue weighted by Crippen LogP contribution is 2.27. The van der Waals surface area contributed by atoms with Crippen LogP contribution in [0.5, 0.6) is 0 Å². The number of nitrogens with one attached hydrogen (secondary N) is 1. The van der Waals surface area contributed by atoms with Gasteiger partial charge in [0.15, 0.2) is 0 Å². The molecule has 134 valence electrons. The van der Waals surface area contributed by atoms with Gasteiger partial charge in [-0.25, -0.2) is 9.37 Å². The molecule has 0 radical (unpaired) electrons. The Hall–Kier alpha value is -1.27. The minimum absolute atomic E-state index is 0.0271. The molecule has 1 heterocycles. The Morgan fingerprint density at radius 3 is 2.92 bits per heavy atom. The fourth-order valence-electron chi connectivity index (χ4n) is 3.04. The molecule has 2 aromatic rings. The number of carbonyl (C=O) groups excluding carboxylic acids is 1. The number of carbonyl (C=O) groups is 1. The van der Waals surface area contributed by atoms with Crippen molar-refractivity contribution in [3.63, 3.8) is 0 Å². The van der Waals surface area contributed by atoms with E-state index >= 15 is 0 Å². The molecule has 0 spiro atoms. The van der Waals surface area contributed by atoms with E-state index in [4.69, 9.17) is 4.98 Å². The van der Waals surface area contributed by atoms with Crippen molar-refractivity contribution < 1.29 is 9.18 Å². The number of fused-ring (bicyclic) bond motifs is 1. The lowest BCUT2D eigenvalue weighted by molar-refractivity contribution is -0.121. The van der Waals surface area contributed by atoms with Crippen molar-refractivity contribution >= 4 is 33.2 Å².